The van der Waals surface area contributed by atoms with Gasteiger partial charge in [0.05, 0.1) is 12.1 Å². The van der Waals surface area contributed by atoms with Gasteiger partial charge >= 0.3 is 0 Å². The van der Waals surface area contributed by atoms with Gasteiger partial charge in [0.2, 0.25) is 0 Å². The van der Waals surface area contributed by atoms with Gasteiger partial charge in [-0.2, -0.15) is 0 Å². The second kappa shape index (κ2) is 7.37. The normalized spacial score (nSPS) is 19.5. The summed E-state index contributed by atoms with van der Waals surface area (Å²) >= 11 is 0. The van der Waals surface area contributed by atoms with Crippen LogP contribution in [0.4, 0.5) is 4.39 Å². The SMILES string of the molecule is CNC(c1c(C)cc(C)cc1F)C(OC)C1CCCCC1. The van der Waals surface area contributed by atoms with Crippen molar-refractivity contribution in [3.63, 3.8) is 0 Å². The van der Waals surface area contributed by atoms with Crippen LogP contribution in [0.1, 0.15) is 54.8 Å². The Morgan fingerprint density at radius 3 is 2.38 bits per heavy atom. The first kappa shape index (κ1) is 16.4. The Hall–Kier alpha value is -0.930. The van der Waals surface area contributed by atoms with E-state index in [0.717, 1.165) is 16.7 Å². The molecule has 2 atom stereocenters. The molecule has 1 aliphatic rings. The number of methoxy groups -OCH3 is 1. The molecule has 21 heavy (non-hydrogen) atoms. The lowest BCUT2D eigenvalue weighted by atomic mass is 9.80. The van der Waals surface area contributed by atoms with Gasteiger partial charge in [0, 0.05) is 12.7 Å². The Labute approximate surface area is 128 Å². The Morgan fingerprint density at radius 1 is 1.19 bits per heavy atom. The van der Waals surface area contributed by atoms with E-state index in [1.54, 1.807) is 13.2 Å². The molecule has 0 bridgehead atoms. The van der Waals surface area contributed by atoms with Crippen molar-refractivity contribution < 1.29 is 9.13 Å². The van der Waals surface area contributed by atoms with Gasteiger partial charge in [-0.15, -0.1) is 0 Å². The number of rotatable bonds is 5. The van der Waals surface area contributed by atoms with E-state index in [1.165, 1.54) is 32.1 Å². The molecule has 0 aliphatic heterocycles. The summed E-state index contributed by atoms with van der Waals surface area (Å²) in [6.45, 7) is 3.92. The molecule has 1 fully saturated rings. The molecule has 1 saturated carbocycles. The number of hydrogen-bond acceptors (Lipinski definition) is 2. The summed E-state index contributed by atoms with van der Waals surface area (Å²) in [5.74, 6) is 0.394. The van der Waals surface area contributed by atoms with E-state index in [2.05, 4.69) is 11.4 Å². The Morgan fingerprint density at radius 2 is 1.86 bits per heavy atom. The number of ether oxygens (including phenoxy) is 1. The Kier molecular flexibility index (Phi) is 5.77. The number of hydrogen-bond donors (Lipinski definition) is 1. The average Bonchev–Trinajstić information content (AvgIpc) is 2.46. The van der Waals surface area contributed by atoms with Crippen molar-refractivity contribution in [2.45, 2.75) is 58.1 Å². The highest BCUT2D eigenvalue weighted by atomic mass is 19.1. The van der Waals surface area contributed by atoms with Gasteiger partial charge in [0.25, 0.3) is 0 Å². The van der Waals surface area contributed by atoms with Crippen molar-refractivity contribution in [1.82, 2.24) is 5.32 Å². The van der Waals surface area contributed by atoms with E-state index in [4.69, 9.17) is 4.74 Å². The summed E-state index contributed by atoms with van der Waals surface area (Å²) in [5.41, 5.74) is 2.74. The highest BCUT2D eigenvalue weighted by Gasteiger charge is 2.33. The molecular formula is C18H28FNO. The topological polar surface area (TPSA) is 21.3 Å². The third kappa shape index (κ3) is 3.64. The molecule has 0 radical (unpaired) electrons. The van der Waals surface area contributed by atoms with Gasteiger partial charge in [-0.05, 0) is 56.8 Å². The fourth-order valence-corrected chi connectivity index (χ4v) is 3.86. The fourth-order valence-electron chi connectivity index (χ4n) is 3.86. The third-order valence-corrected chi connectivity index (χ3v) is 4.82. The van der Waals surface area contributed by atoms with E-state index in [1.807, 2.05) is 20.9 Å². The molecule has 1 aromatic carbocycles. The monoisotopic (exact) mass is 293 g/mol. The van der Waals surface area contributed by atoms with Crippen LogP contribution in [0.15, 0.2) is 12.1 Å². The molecule has 1 aromatic rings. The zero-order chi connectivity index (χ0) is 15.4. The lowest BCUT2D eigenvalue weighted by molar-refractivity contribution is 0.00841. The van der Waals surface area contributed by atoms with Gasteiger partial charge in [-0.3, -0.25) is 0 Å². The van der Waals surface area contributed by atoms with Crippen molar-refractivity contribution in [3.8, 4) is 0 Å². The predicted octanol–water partition coefficient (Wildman–Crippen LogP) is 4.30. The van der Waals surface area contributed by atoms with Crippen molar-refractivity contribution in [1.29, 1.82) is 0 Å². The highest BCUT2D eigenvalue weighted by Crippen LogP contribution is 2.36. The summed E-state index contributed by atoms with van der Waals surface area (Å²) < 4.78 is 20.3. The zero-order valence-electron chi connectivity index (χ0n) is 13.7. The zero-order valence-corrected chi connectivity index (χ0v) is 13.7. The van der Waals surface area contributed by atoms with Crippen LogP contribution in [-0.2, 0) is 4.74 Å². The maximum atomic E-state index is 14.5. The molecule has 1 aliphatic carbocycles. The molecule has 2 nitrogen and oxygen atoms in total. The maximum Gasteiger partial charge on any atom is 0.128 e. The minimum absolute atomic E-state index is 0.0335. The molecule has 0 spiro atoms. The molecule has 2 rings (SSSR count). The first-order valence-corrected chi connectivity index (χ1v) is 8.05. The van der Waals surface area contributed by atoms with Gasteiger partial charge in [0.1, 0.15) is 5.82 Å². The van der Waals surface area contributed by atoms with Crippen LogP contribution in [0.3, 0.4) is 0 Å². The van der Waals surface area contributed by atoms with Gasteiger partial charge < -0.3 is 10.1 Å². The van der Waals surface area contributed by atoms with Crippen LogP contribution in [-0.4, -0.2) is 20.3 Å². The Balaban J connectivity index is 2.32. The fraction of sp³-hybridized carbons (Fsp3) is 0.667. The van der Waals surface area contributed by atoms with Crippen molar-refractivity contribution in [2.24, 2.45) is 5.92 Å². The molecule has 0 heterocycles. The van der Waals surface area contributed by atoms with E-state index in [0.29, 0.717) is 5.92 Å². The summed E-state index contributed by atoms with van der Waals surface area (Å²) in [6, 6.07) is 3.59. The largest absolute Gasteiger partial charge is 0.379 e. The second-order valence-electron chi connectivity index (χ2n) is 6.34. The van der Waals surface area contributed by atoms with Gasteiger partial charge in [-0.1, -0.05) is 25.3 Å². The molecule has 0 amide bonds. The summed E-state index contributed by atoms with van der Waals surface area (Å²) in [5, 5.41) is 3.30. The molecule has 3 heteroatoms. The first-order valence-electron chi connectivity index (χ1n) is 8.05. The van der Waals surface area contributed by atoms with Crippen LogP contribution < -0.4 is 5.32 Å². The molecule has 0 saturated heterocycles. The minimum Gasteiger partial charge on any atom is -0.379 e. The minimum atomic E-state index is -0.121. The van der Waals surface area contributed by atoms with Gasteiger partial charge in [-0.25, -0.2) is 4.39 Å². The molecule has 118 valence electrons. The molecular weight excluding hydrogens is 265 g/mol. The number of nitrogens with one attached hydrogen (secondary N) is 1. The van der Waals surface area contributed by atoms with Gasteiger partial charge in [0.15, 0.2) is 0 Å². The quantitative estimate of drug-likeness (QED) is 0.874. The van der Waals surface area contributed by atoms with Crippen molar-refractivity contribution in [3.05, 3.63) is 34.6 Å². The van der Waals surface area contributed by atoms with Crippen LogP contribution in [0.25, 0.3) is 0 Å². The molecule has 0 aromatic heterocycles. The third-order valence-electron chi connectivity index (χ3n) is 4.82. The van der Waals surface area contributed by atoms with Crippen LogP contribution in [0, 0.1) is 25.6 Å². The maximum absolute atomic E-state index is 14.5. The van der Waals surface area contributed by atoms with Crippen LogP contribution >= 0.6 is 0 Å². The summed E-state index contributed by atoms with van der Waals surface area (Å²) in [6.07, 6.45) is 6.24. The standard InChI is InChI=1S/C18H28FNO/c1-12-10-13(2)16(15(19)11-12)17(20-3)18(21-4)14-8-6-5-7-9-14/h10-11,14,17-18,20H,5-9H2,1-4H3. The summed E-state index contributed by atoms with van der Waals surface area (Å²) in [7, 11) is 3.66. The predicted molar refractivity (Wildman–Crippen MR) is 85.0 cm³/mol. The number of likely N-dealkylation sites (N-methyl/N-ethyl adjacent to an activating group) is 1. The average molecular weight is 293 g/mol. The van der Waals surface area contributed by atoms with Crippen molar-refractivity contribution in [2.75, 3.05) is 14.2 Å². The van der Waals surface area contributed by atoms with Crippen LogP contribution in [0.5, 0.6) is 0 Å². The van der Waals surface area contributed by atoms with E-state index < -0.39 is 0 Å². The summed E-state index contributed by atoms with van der Waals surface area (Å²) in [4.78, 5) is 0. The van der Waals surface area contributed by atoms with Crippen molar-refractivity contribution >= 4 is 0 Å². The number of benzene rings is 1. The lowest BCUT2D eigenvalue weighted by Gasteiger charge is -2.35. The van der Waals surface area contributed by atoms with Crippen LogP contribution in [0.2, 0.25) is 0 Å². The molecule has 2 unspecified atom stereocenters. The number of halogens is 1. The van der Waals surface area contributed by atoms with E-state index >= 15 is 0 Å². The molecule has 1 N–H and O–H groups in total. The Bertz CT molecular complexity index is 445. The van der Waals surface area contributed by atoms with E-state index in [9.17, 15) is 4.39 Å². The number of aryl methyl sites for hydroxylation is 2. The van der Waals surface area contributed by atoms with E-state index in [-0.39, 0.29) is 18.0 Å². The smallest absolute Gasteiger partial charge is 0.128 e. The highest BCUT2D eigenvalue weighted by molar-refractivity contribution is 5.35. The second-order valence-corrected chi connectivity index (χ2v) is 6.34. The lowest BCUT2D eigenvalue weighted by Crippen LogP contribution is -2.38. The first-order chi connectivity index (χ1) is 10.1.